The Bertz CT molecular complexity index is 435. The summed E-state index contributed by atoms with van der Waals surface area (Å²) in [6.45, 7) is 3.27. The molecule has 1 aliphatic carbocycles. The van der Waals surface area contributed by atoms with Gasteiger partial charge in [0.1, 0.15) is 0 Å². The van der Waals surface area contributed by atoms with Crippen molar-refractivity contribution in [1.82, 2.24) is 0 Å². The SMILES string of the molecule is CC1CCC(CN)(CC2CSc3ccccc32)CC1. The summed E-state index contributed by atoms with van der Waals surface area (Å²) in [5, 5.41) is 0. The second-order valence-electron chi connectivity index (χ2n) is 6.64. The third-order valence-electron chi connectivity index (χ3n) is 5.25. The molecule has 1 heterocycles. The molecule has 2 aliphatic rings. The van der Waals surface area contributed by atoms with Crippen molar-refractivity contribution < 1.29 is 0 Å². The van der Waals surface area contributed by atoms with Gasteiger partial charge in [0, 0.05) is 10.6 Å². The summed E-state index contributed by atoms with van der Waals surface area (Å²) in [6, 6.07) is 8.96. The Morgan fingerprint density at radius 2 is 2.00 bits per heavy atom. The van der Waals surface area contributed by atoms with Crippen LogP contribution in [-0.2, 0) is 0 Å². The third kappa shape index (κ3) is 2.71. The first-order valence-electron chi connectivity index (χ1n) is 7.64. The van der Waals surface area contributed by atoms with Crippen LogP contribution in [0.25, 0.3) is 0 Å². The molecule has 0 spiro atoms. The van der Waals surface area contributed by atoms with E-state index in [2.05, 4.69) is 31.2 Å². The van der Waals surface area contributed by atoms with E-state index in [1.807, 2.05) is 11.8 Å². The fourth-order valence-electron chi connectivity index (χ4n) is 3.79. The number of rotatable bonds is 3. The lowest BCUT2D eigenvalue weighted by atomic mass is 9.66. The summed E-state index contributed by atoms with van der Waals surface area (Å²) in [7, 11) is 0. The van der Waals surface area contributed by atoms with E-state index in [1.165, 1.54) is 42.8 Å². The molecule has 0 amide bonds. The van der Waals surface area contributed by atoms with Gasteiger partial charge in [0.25, 0.3) is 0 Å². The van der Waals surface area contributed by atoms with Crippen molar-refractivity contribution in [2.24, 2.45) is 17.1 Å². The largest absolute Gasteiger partial charge is 0.330 e. The van der Waals surface area contributed by atoms with E-state index in [0.717, 1.165) is 18.4 Å². The van der Waals surface area contributed by atoms with Crippen LogP contribution in [0.4, 0.5) is 0 Å². The Labute approximate surface area is 121 Å². The summed E-state index contributed by atoms with van der Waals surface area (Å²) in [5.74, 6) is 2.90. The van der Waals surface area contributed by atoms with Gasteiger partial charge in [0.15, 0.2) is 0 Å². The van der Waals surface area contributed by atoms with Crippen molar-refractivity contribution in [2.75, 3.05) is 12.3 Å². The van der Waals surface area contributed by atoms with Crippen molar-refractivity contribution in [2.45, 2.75) is 49.8 Å². The minimum atomic E-state index is 0.426. The van der Waals surface area contributed by atoms with E-state index in [9.17, 15) is 0 Å². The zero-order valence-corrected chi connectivity index (χ0v) is 12.7. The lowest BCUT2D eigenvalue weighted by molar-refractivity contribution is 0.143. The fourth-order valence-corrected chi connectivity index (χ4v) is 5.04. The molecule has 1 saturated carbocycles. The molecule has 1 aromatic carbocycles. The maximum atomic E-state index is 6.17. The van der Waals surface area contributed by atoms with Crippen molar-refractivity contribution in [1.29, 1.82) is 0 Å². The Hall–Kier alpha value is -0.470. The van der Waals surface area contributed by atoms with Crippen LogP contribution in [0.1, 0.15) is 50.5 Å². The van der Waals surface area contributed by atoms with Gasteiger partial charge in [0.2, 0.25) is 0 Å². The Kier molecular flexibility index (Phi) is 3.91. The molecule has 1 nitrogen and oxygen atoms in total. The molecule has 3 rings (SSSR count). The minimum absolute atomic E-state index is 0.426. The van der Waals surface area contributed by atoms with E-state index >= 15 is 0 Å². The lowest BCUT2D eigenvalue weighted by Crippen LogP contribution is -2.36. The zero-order valence-electron chi connectivity index (χ0n) is 11.9. The monoisotopic (exact) mass is 275 g/mol. The summed E-state index contributed by atoms with van der Waals surface area (Å²) in [5.41, 5.74) is 8.18. The number of hydrogen-bond donors (Lipinski definition) is 1. The standard InChI is InChI=1S/C17H25NS/c1-13-6-8-17(12-18,9-7-13)10-14-11-19-16-5-3-2-4-15(14)16/h2-5,13-14H,6-12,18H2,1H3. The van der Waals surface area contributed by atoms with Crippen molar-refractivity contribution in [3.8, 4) is 0 Å². The van der Waals surface area contributed by atoms with Crippen LogP contribution >= 0.6 is 11.8 Å². The van der Waals surface area contributed by atoms with E-state index in [0.29, 0.717) is 5.41 Å². The summed E-state index contributed by atoms with van der Waals surface area (Å²) in [4.78, 5) is 1.50. The Morgan fingerprint density at radius 1 is 1.26 bits per heavy atom. The second kappa shape index (κ2) is 5.49. The first-order valence-corrected chi connectivity index (χ1v) is 8.63. The number of fused-ring (bicyclic) bond motifs is 1. The molecular weight excluding hydrogens is 250 g/mol. The maximum Gasteiger partial charge on any atom is 0.0107 e. The van der Waals surface area contributed by atoms with Gasteiger partial charge in [0.05, 0.1) is 0 Å². The van der Waals surface area contributed by atoms with Crippen LogP contribution in [0, 0.1) is 11.3 Å². The van der Waals surface area contributed by atoms with Crippen molar-refractivity contribution >= 4 is 11.8 Å². The predicted octanol–water partition coefficient (Wildman–Crippen LogP) is 4.42. The molecule has 1 aromatic rings. The van der Waals surface area contributed by atoms with Gasteiger partial charge in [-0.3, -0.25) is 0 Å². The third-order valence-corrected chi connectivity index (χ3v) is 6.50. The van der Waals surface area contributed by atoms with Gasteiger partial charge in [-0.25, -0.2) is 0 Å². The van der Waals surface area contributed by atoms with E-state index in [4.69, 9.17) is 5.73 Å². The molecule has 0 radical (unpaired) electrons. The number of thioether (sulfide) groups is 1. The van der Waals surface area contributed by atoms with Gasteiger partial charge < -0.3 is 5.73 Å². The average molecular weight is 275 g/mol. The van der Waals surface area contributed by atoms with Gasteiger partial charge >= 0.3 is 0 Å². The Morgan fingerprint density at radius 3 is 2.74 bits per heavy atom. The van der Waals surface area contributed by atoms with E-state index in [-0.39, 0.29) is 0 Å². The molecule has 0 bridgehead atoms. The summed E-state index contributed by atoms with van der Waals surface area (Å²) >= 11 is 2.03. The van der Waals surface area contributed by atoms with Crippen LogP contribution in [0.15, 0.2) is 29.2 Å². The summed E-state index contributed by atoms with van der Waals surface area (Å²) in [6.07, 6.45) is 6.74. The highest BCUT2D eigenvalue weighted by Gasteiger charge is 2.37. The molecular formula is C17H25NS. The summed E-state index contributed by atoms with van der Waals surface area (Å²) < 4.78 is 0. The van der Waals surface area contributed by atoms with E-state index in [1.54, 1.807) is 5.56 Å². The molecule has 1 aliphatic heterocycles. The molecule has 2 N–H and O–H groups in total. The van der Waals surface area contributed by atoms with Crippen LogP contribution in [0.3, 0.4) is 0 Å². The average Bonchev–Trinajstić information content (AvgIpc) is 2.85. The zero-order chi connectivity index (χ0) is 13.3. The second-order valence-corrected chi connectivity index (χ2v) is 7.70. The Balaban J connectivity index is 1.74. The predicted molar refractivity (Wildman–Crippen MR) is 83.6 cm³/mol. The van der Waals surface area contributed by atoms with Crippen LogP contribution in [0.2, 0.25) is 0 Å². The topological polar surface area (TPSA) is 26.0 Å². The normalized spacial score (nSPS) is 34.2. The van der Waals surface area contributed by atoms with Crippen molar-refractivity contribution in [3.63, 3.8) is 0 Å². The molecule has 19 heavy (non-hydrogen) atoms. The first kappa shape index (κ1) is 13.5. The lowest BCUT2D eigenvalue weighted by Gasteiger charge is -2.40. The highest BCUT2D eigenvalue weighted by molar-refractivity contribution is 7.99. The van der Waals surface area contributed by atoms with Crippen LogP contribution in [0.5, 0.6) is 0 Å². The molecule has 104 valence electrons. The van der Waals surface area contributed by atoms with E-state index < -0.39 is 0 Å². The highest BCUT2D eigenvalue weighted by atomic mass is 32.2. The number of hydrogen-bond acceptors (Lipinski definition) is 2. The van der Waals surface area contributed by atoms with Gasteiger partial charge in [-0.05, 0) is 54.7 Å². The minimum Gasteiger partial charge on any atom is -0.330 e. The fraction of sp³-hybridized carbons (Fsp3) is 0.647. The molecule has 1 atom stereocenters. The number of nitrogens with two attached hydrogens (primary N) is 1. The van der Waals surface area contributed by atoms with Gasteiger partial charge in [-0.1, -0.05) is 38.0 Å². The van der Waals surface area contributed by atoms with Gasteiger partial charge in [-0.2, -0.15) is 0 Å². The quantitative estimate of drug-likeness (QED) is 0.883. The number of benzene rings is 1. The molecule has 1 unspecified atom stereocenters. The first-order chi connectivity index (χ1) is 9.22. The van der Waals surface area contributed by atoms with Crippen molar-refractivity contribution in [3.05, 3.63) is 29.8 Å². The maximum absolute atomic E-state index is 6.17. The molecule has 2 heteroatoms. The molecule has 0 aromatic heterocycles. The highest BCUT2D eigenvalue weighted by Crippen LogP contribution is 2.49. The molecule has 1 fully saturated rings. The van der Waals surface area contributed by atoms with Gasteiger partial charge in [-0.15, -0.1) is 11.8 Å². The smallest absolute Gasteiger partial charge is 0.0107 e. The van der Waals surface area contributed by atoms with Crippen LogP contribution in [-0.4, -0.2) is 12.3 Å². The van der Waals surface area contributed by atoms with Crippen LogP contribution < -0.4 is 5.73 Å². The molecule has 0 saturated heterocycles.